The highest BCUT2D eigenvalue weighted by Gasteiger charge is 2.46. The average Bonchev–Trinajstić information content (AvgIpc) is 3.13. The summed E-state index contributed by atoms with van der Waals surface area (Å²) in [5.41, 5.74) is 2.07. The lowest BCUT2D eigenvalue weighted by Crippen LogP contribution is -2.44. The van der Waals surface area contributed by atoms with E-state index in [0.717, 1.165) is 41.7 Å². The van der Waals surface area contributed by atoms with Crippen molar-refractivity contribution >= 4 is 22.8 Å². The second kappa shape index (κ2) is 6.10. The highest BCUT2D eigenvalue weighted by Crippen LogP contribution is 2.45. The van der Waals surface area contributed by atoms with Crippen LogP contribution in [0.1, 0.15) is 24.8 Å². The molecule has 4 atom stereocenters. The number of pyridine rings is 1. The van der Waals surface area contributed by atoms with E-state index in [4.69, 9.17) is 14.8 Å². The molecular weight excluding hydrogens is 318 g/mol. The number of carbonyl (C=O) groups is 1. The molecule has 6 heteroatoms. The van der Waals surface area contributed by atoms with E-state index in [2.05, 4.69) is 23.6 Å². The van der Waals surface area contributed by atoms with Crippen molar-refractivity contribution in [2.45, 2.75) is 38.3 Å². The van der Waals surface area contributed by atoms with E-state index in [1.54, 1.807) is 7.11 Å². The van der Waals surface area contributed by atoms with E-state index in [1.165, 1.54) is 5.56 Å². The molecule has 2 saturated carbocycles. The first-order chi connectivity index (χ1) is 12.0. The van der Waals surface area contributed by atoms with Crippen molar-refractivity contribution in [3.63, 3.8) is 0 Å². The predicted octanol–water partition coefficient (Wildman–Crippen LogP) is 3.40. The van der Waals surface area contributed by atoms with Gasteiger partial charge in [-0.1, -0.05) is 0 Å². The lowest BCUT2D eigenvalue weighted by Gasteiger charge is -2.30. The lowest BCUT2D eigenvalue weighted by molar-refractivity contribution is 0.183. The molecule has 25 heavy (non-hydrogen) atoms. The van der Waals surface area contributed by atoms with E-state index in [1.807, 2.05) is 18.2 Å². The number of nitrogens with one attached hydrogen (secondary N) is 2. The SMILES string of the molecule is COc1ccc2c(C)cc(N[C@H]3C[C@@H]4C[C@H]3[C@@H](NC(=O)O)C4)nc2c1. The molecule has 2 bridgehead atoms. The van der Waals surface area contributed by atoms with Crippen molar-refractivity contribution in [3.8, 4) is 5.75 Å². The molecule has 0 aliphatic heterocycles. The molecule has 3 N–H and O–H groups in total. The number of ether oxygens (including phenoxy) is 1. The van der Waals surface area contributed by atoms with Gasteiger partial charge in [-0.3, -0.25) is 0 Å². The van der Waals surface area contributed by atoms with Crippen molar-refractivity contribution in [1.29, 1.82) is 0 Å². The van der Waals surface area contributed by atoms with Crippen LogP contribution in [0.2, 0.25) is 0 Å². The van der Waals surface area contributed by atoms with Crippen molar-refractivity contribution in [1.82, 2.24) is 10.3 Å². The number of methoxy groups -OCH3 is 1. The monoisotopic (exact) mass is 341 g/mol. The summed E-state index contributed by atoms with van der Waals surface area (Å²) in [4.78, 5) is 15.7. The Kier molecular flexibility index (Phi) is 3.90. The van der Waals surface area contributed by atoms with Gasteiger partial charge >= 0.3 is 6.09 Å². The molecule has 1 amide bonds. The number of nitrogens with zero attached hydrogens (tertiary/aromatic N) is 1. The molecular formula is C19H23N3O3. The topological polar surface area (TPSA) is 83.5 Å². The number of amides is 1. The van der Waals surface area contributed by atoms with Crippen LogP contribution < -0.4 is 15.4 Å². The van der Waals surface area contributed by atoms with Gasteiger partial charge in [0.05, 0.1) is 12.6 Å². The number of benzene rings is 1. The second-order valence-electron chi connectivity index (χ2n) is 7.25. The number of fused-ring (bicyclic) bond motifs is 3. The smallest absolute Gasteiger partial charge is 0.404 e. The van der Waals surface area contributed by atoms with Gasteiger partial charge in [-0.15, -0.1) is 0 Å². The summed E-state index contributed by atoms with van der Waals surface area (Å²) < 4.78 is 5.30. The van der Waals surface area contributed by atoms with Gasteiger partial charge in [0.1, 0.15) is 11.6 Å². The van der Waals surface area contributed by atoms with Crippen LogP contribution in [0.4, 0.5) is 10.6 Å². The van der Waals surface area contributed by atoms with Crippen LogP contribution in [0.25, 0.3) is 10.9 Å². The molecule has 2 aliphatic carbocycles. The van der Waals surface area contributed by atoms with Crippen molar-refractivity contribution in [2.75, 3.05) is 12.4 Å². The van der Waals surface area contributed by atoms with Crippen LogP contribution in [0.15, 0.2) is 24.3 Å². The zero-order valence-corrected chi connectivity index (χ0v) is 14.5. The molecule has 1 aromatic heterocycles. The van der Waals surface area contributed by atoms with Crippen LogP contribution in [-0.2, 0) is 0 Å². The number of rotatable bonds is 4. The number of hydrogen-bond acceptors (Lipinski definition) is 4. The minimum atomic E-state index is -0.928. The first-order valence-electron chi connectivity index (χ1n) is 8.75. The number of aryl methyl sites for hydroxylation is 1. The van der Waals surface area contributed by atoms with Gasteiger partial charge in [-0.05, 0) is 61.8 Å². The van der Waals surface area contributed by atoms with Gasteiger partial charge in [0.25, 0.3) is 0 Å². The van der Waals surface area contributed by atoms with E-state index < -0.39 is 6.09 Å². The molecule has 2 aromatic rings. The van der Waals surface area contributed by atoms with Gasteiger partial charge in [-0.25, -0.2) is 9.78 Å². The van der Waals surface area contributed by atoms with Crippen molar-refractivity contribution < 1.29 is 14.6 Å². The summed E-state index contributed by atoms with van der Waals surface area (Å²) >= 11 is 0. The Labute approximate surface area is 146 Å². The van der Waals surface area contributed by atoms with E-state index >= 15 is 0 Å². The molecule has 0 unspecified atom stereocenters. The first-order valence-corrected chi connectivity index (χ1v) is 8.75. The fourth-order valence-corrected chi connectivity index (χ4v) is 4.61. The van der Waals surface area contributed by atoms with Crippen LogP contribution in [0.5, 0.6) is 5.75 Å². The average molecular weight is 341 g/mol. The largest absolute Gasteiger partial charge is 0.497 e. The Bertz CT molecular complexity index is 823. The third-order valence-corrected chi connectivity index (χ3v) is 5.68. The Morgan fingerprint density at radius 3 is 2.76 bits per heavy atom. The fourth-order valence-electron chi connectivity index (χ4n) is 4.61. The quantitative estimate of drug-likeness (QED) is 0.794. The van der Waals surface area contributed by atoms with Gasteiger partial charge < -0.3 is 20.5 Å². The Hall–Kier alpha value is -2.50. The Balaban J connectivity index is 1.57. The van der Waals surface area contributed by atoms with Crippen molar-refractivity contribution in [3.05, 3.63) is 29.8 Å². The molecule has 1 aromatic carbocycles. The maximum absolute atomic E-state index is 11.0. The summed E-state index contributed by atoms with van der Waals surface area (Å²) in [6, 6.07) is 8.32. The Morgan fingerprint density at radius 1 is 1.24 bits per heavy atom. The maximum Gasteiger partial charge on any atom is 0.404 e. The van der Waals surface area contributed by atoms with Crippen molar-refractivity contribution in [2.24, 2.45) is 11.8 Å². The molecule has 1 heterocycles. The van der Waals surface area contributed by atoms with Crippen LogP contribution >= 0.6 is 0 Å². The second-order valence-corrected chi connectivity index (χ2v) is 7.25. The number of hydrogen-bond donors (Lipinski definition) is 3. The number of anilines is 1. The summed E-state index contributed by atoms with van der Waals surface area (Å²) in [5.74, 6) is 2.58. The molecule has 2 fully saturated rings. The minimum absolute atomic E-state index is 0.0513. The molecule has 0 radical (unpaired) electrons. The van der Waals surface area contributed by atoms with Gasteiger partial charge in [0.2, 0.25) is 0 Å². The first kappa shape index (κ1) is 16.0. The van der Waals surface area contributed by atoms with E-state index in [0.29, 0.717) is 11.8 Å². The van der Waals surface area contributed by atoms with Crippen LogP contribution in [0, 0.1) is 18.8 Å². The zero-order valence-electron chi connectivity index (χ0n) is 14.5. The molecule has 2 aliphatic rings. The third kappa shape index (κ3) is 2.97. The Morgan fingerprint density at radius 2 is 2.04 bits per heavy atom. The van der Waals surface area contributed by atoms with Gasteiger partial charge in [0.15, 0.2) is 0 Å². The normalized spacial score (nSPS) is 27.4. The van der Waals surface area contributed by atoms with Crippen LogP contribution in [0.3, 0.4) is 0 Å². The maximum atomic E-state index is 11.0. The summed E-state index contributed by atoms with van der Waals surface area (Å²) in [6.45, 7) is 2.08. The third-order valence-electron chi connectivity index (χ3n) is 5.68. The standard InChI is InChI=1S/C19H23N3O3/c1-10-5-18(21-17-9-12(25-2)3-4-13(10)17)20-15-7-11-6-14(15)16(8-11)22-19(23)24/h3-5,9,11,14-16,22H,6-8H2,1-2H3,(H,20,21)(H,23,24)/t11-,14+,15-,16-/m0/s1. The number of carboxylic acid groups (broad SMARTS) is 1. The minimum Gasteiger partial charge on any atom is -0.497 e. The molecule has 4 rings (SSSR count). The summed E-state index contributed by atoms with van der Waals surface area (Å²) in [5, 5.41) is 16.4. The van der Waals surface area contributed by atoms with Gasteiger partial charge in [0, 0.05) is 23.5 Å². The predicted molar refractivity (Wildman–Crippen MR) is 96.2 cm³/mol. The van der Waals surface area contributed by atoms with Gasteiger partial charge in [-0.2, -0.15) is 0 Å². The highest BCUT2D eigenvalue weighted by molar-refractivity contribution is 5.85. The highest BCUT2D eigenvalue weighted by atomic mass is 16.5. The van der Waals surface area contributed by atoms with E-state index in [9.17, 15) is 4.79 Å². The van der Waals surface area contributed by atoms with Crippen LogP contribution in [-0.4, -0.2) is 35.4 Å². The molecule has 0 saturated heterocycles. The molecule has 6 nitrogen and oxygen atoms in total. The zero-order chi connectivity index (χ0) is 17.6. The molecule has 132 valence electrons. The number of aromatic nitrogens is 1. The lowest BCUT2D eigenvalue weighted by atomic mass is 9.90. The summed E-state index contributed by atoms with van der Waals surface area (Å²) in [7, 11) is 1.65. The fraction of sp³-hybridized carbons (Fsp3) is 0.474. The molecule has 0 spiro atoms. The van der Waals surface area contributed by atoms with E-state index in [-0.39, 0.29) is 12.1 Å². The summed E-state index contributed by atoms with van der Waals surface area (Å²) in [6.07, 6.45) is 2.20.